The molecule has 188 valence electrons. The van der Waals surface area contributed by atoms with Gasteiger partial charge in [0.05, 0.1) is 12.1 Å². The highest BCUT2D eigenvalue weighted by atomic mass is 15.2. The first-order valence-corrected chi connectivity index (χ1v) is 13.4. The highest BCUT2D eigenvalue weighted by molar-refractivity contribution is 5.68. The third kappa shape index (κ3) is 5.64. The molecule has 5 rings (SSSR count). The zero-order chi connectivity index (χ0) is 25.9. The largest absolute Gasteiger partial charge is 0.338 e. The van der Waals surface area contributed by atoms with E-state index in [1.165, 1.54) is 50.6 Å². The van der Waals surface area contributed by atoms with E-state index in [1.54, 1.807) is 0 Å². The van der Waals surface area contributed by atoms with Gasteiger partial charge in [-0.3, -0.25) is 0 Å². The highest BCUT2D eigenvalue weighted by Gasteiger charge is 2.29. The van der Waals surface area contributed by atoms with Crippen LogP contribution in [0.5, 0.6) is 0 Å². The highest BCUT2D eigenvalue weighted by Crippen LogP contribution is 2.38. The molecule has 3 aromatic carbocycles. The van der Waals surface area contributed by atoms with Crippen molar-refractivity contribution in [3.8, 4) is 0 Å². The van der Waals surface area contributed by atoms with Crippen LogP contribution in [-0.2, 0) is 0 Å². The maximum Gasteiger partial charge on any atom is 0.0582 e. The molecule has 2 nitrogen and oxygen atoms in total. The van der Waals surface area contributed by atoms with E-state index in [4.69, 9.17) is 0 Å². The Morgan fingerprint density at radius 2 is 1.16 bits per heavy atom. The van der Waals surface area contributed by atoms with Crippen molar-refractivity contribution < 1.29 is 0 Å². The monoisotopic (exact) mass is 486 g/mol. The van der Waals surface area contributed by atoms with Crippen LogP contribution < -0.4 is 9.80 Å². The zero-order valence-electron chi connectivity index (χ0n) is 22.8. The van der Waals surface area contributed by atoms with Crippen LogP contribution in [0.2, 0.25) is 0 Å². The van der Waals surface area contributed by atoms with Crippen molar-refractivity contribution in [2.24, 2.45) is 0 Å². The third-order valence-electron chi connectivity index (χ3n) is 7.33. The minimum Gasteiger partial charge on any atom is -0.338 e. The maximum atomic E-state index is 2.58. The summed E-state index contributed by atoms with van der Waals surface area (Å²) in [5, 5.41) is 0. The Bertz CT molecular complexity index is 1360. The zero-order valence-corrected chi connectivity index (χ0v) is 22.8. The van der Waals surface area contributed by atoms with Crippen molar-refractivity contribution in [1.29, 1.82) is 0 Å². The first-order valence-electron chi connectivity index (χ1n) is 13.4. The number of aryl methyl sites for hydroxylation is 3. The normalized spacial score (nSPS) is 19.1. The molecule has 2 aliphatic carbocycles. The summed E-state index contributed by atoms with van der Waals surface area (Å²) in [6, 6.07) is 27.3. The summed E-state index contributed by atoms with van der Waals surface area (Å²) in [7, 11) is 0. The summed E-state index contributed by atoms with van der Waals surface area (Å²) >= 11 is 0. The predicted molar refractivity (Wildman–Crippen MR) is 160 cm³/mol. The van der Waals surface area contributed by atoms with Gasteiger partial charge in [0.1, 0.15) is 0 Å². The first kappa shape index (κ1) is 24.9. The average molecular weight is 487 g/mol. The number of rotatable bonds is 6. The van der Waals surface area contributed by atoms with E-state index < -0.39 is 0 Å². The molecule has 0 N–H and O–H groups in total. The fourth-order valence-corrected chi connectivity index (χ4v) is 5.71. The second kappa shape index (κ2) is 10.7. The van der Waals surface area contributed by atoms with E-state index in [0.717, 1.165) is 12.8 Å². The Hall–Kier alpha value is -3.78. The van der Waals surface area contributed by atoms with Gasteiger partial charge < -0.3 is 9.80 Å². The summed E-state index contributed by atoms with van der Waals surface area (Å²) < 4.78 is 0. The molecule has 0 heterocycles. The lowest BCUT2D eigenvalue weighted by Gasteiger charge is -2.41. The smallest absolute Gasteiger partial charge is 0.0582 e. The van der Waals surface area contributed by atoms with Gasteiger partial charge in [-0.1, -0.05) is 71.8 Å². The summed E-state index contributed by atoms with van der Waals surface area (Å²) in [5.74, 6) is 0. The van der Waals surface area contributed by atoms with Crippen LogP contribution in [0, 0.1) is 20.8 Å². The molecular weight excluding hydrogens is 448 g/mol. The molecular formula is C35H38N2. The molecule has 0 bridgehead atoms. The number of allylic oxidation sites excluding steroid dienone is 4. The molecule has 0 saturated carbocycles. The van der Waals surface area contributed by atoms with Crippen LogP contribution in [0.15, 0.2) is 120 Å². The van der Waals surface area contributed by atoms with E-state index in [2.05, 4.69) is 148 Å². The van der Waals surface area contributed by atoms with Gasteiger partial charge in [-0.2, -0.15) is 0 Å². The van der Waals surface area contributed by atoms with E-state index in [9.17, 15) is 0 Å². The van der Waals surface area contributed by atoms with Crippen molar-refractivity contribution in [3.63, 3.8) is 0 Å². The molecule has 2 heteroatoms. The molecule has 0 aliphatic heterocycles. The van der Waals surface area contributed by atoms with Crippen molar-refractivity contribution in [3.05, 3.63) is 137 Å². The predicted octanol–water partition coefficient (Wildman–Crippen LogP) is 9.13. The van der Waals surface area contributed by atoms with Crippen molar-refractivity contribution in [2.45, 2.75) is 59.5 Å². The Labute approximate surface area is 222 Å². The Morgan fingerprint density at radius 1 is 0.622 bits per heavy atom. The molecule has 0 aromatic heterocycles. The van der Waals surface area contributed by atoms with E-state index in [0.29, 0.717) is 6.04 Å². The van der Waals surface area contributed by atoms with E-state index >= 15 is 0 Å². The SMILES string of the molecule is CC1=CC(N(c2cccc(C)c2)c2cccc(C)c2)CC(N(c2cccc(C)c2)C2C=CC=C(C)C2)=C1. The number of benzene rings is 3. The molecule has 0 fully saturated rings. The molecule has 37 heavy (non-hydrogen) atoms. The Kier molecular flexibility index (Phi) is 7.19. The van der Waals surface area contributed by atoms with Crippen LogP contribution >= 0.6 is 0 Å². The maximum absolute atomic E-state index is 2.58. The lowest BCUT2D eigenvalue weighted by Crippen LogP contribution is -2.39. The minimum atomic E-state index is 0.208. The van der Waals surface area contributed by atoms with Gasteiger partial charge in [0.2, 0.25) is 0 Å². The molecule has 2 aliphatic rings. The van der Waals surface area contributed by atoms with E-state index in [1.807, 2.05) is 0 Å². The number of nitrogens with zero attached hydrogens (tertiary/aromatic N) is 2. The van der Waals surface area contributed by atoms with Gasteiger partial charge in [0.25, 0.3) is 0 Å². The van der Waals surface area contributed by atoms with Gasteiger partial charge in [-0.15, -0.1) is 0 Å². The molecule has 2 atom stereocenters. The number of anilines is 3. The second-order valence-electron chi connectivity index (χ2n) is 10.7. The first-order chi connectivity index (χ1) is 17.9. The van der Waals surface area contributed by atoms with Gasteiger partial charge in [-0.05, 0) is 100 Å². The number of hydrogen-bond acceptors (Lipinski definition) is 2. The van der Waals surface area contributed by atoms with Gasteiger partial charge in [-0.25, -0.2) is 0 Å². The molecule has 3 aromatic rings. The van der Waals surface area contributed by atoms with Crippen LogP contribution in [0.25, 0.3) is 0 Å². The third-order valence-corrected chi connectivity index (χ3v) is 7.33. The number of hydrogen-bond donors (Lipinski definition) is 0. The van der Waals surface area contributed by atoms with Crippen molar-refractivity contribution in [1.82, 2.24) is 0 Å². The Morgan fingerprint density at radius 3 is 1.68 bits per heavy atom. The molecule has 0 saturated heterocycles. The van der Waals surface area contributed by atoms with Gasteiger partial charge >= 0.3 is 0 Å². The molecule has 0 amide bonds. The lowest BCUT2D eigenvalue weighted by molar-refractivity contribution is 0.664. The fraction of sp³-hybridized carbons (Fsp3) is 0.257. The average Bonchev–Trinajstić information content (AvgIpc) is 2.84. The molecule has 2 unspecified atom stereocenters. The summed E-state index contributed by atoms with van der Waals surface area (Å²) in [5.41, 5.74) is 11.7. The summed E-state index contributed by atoms with van der Waals surface area (Å²) in [6.07, 6.45) is 13.6. The summed E-state index contributed by atoms with van der Waals surface area (Å²) in [4.78, 5) is 5.10. The standard InChI is InChI=1S/C35H38N2/c1-25-10-6-14-30(18-25)36(31-15-7-11-26(2)19-31)34-22-29(5)23-35(24-34)37(32-16-8-12-27(3)20-32)33-17-9-13-28(4)21-33/h6-20,22-23,33-34H,21,24H2,1-5H3. The van der Waals surface area contributed by atoms with Crippen LogP contribution in [0.3, 0.4) is 0 Å². The van der Waals surface area contributed by atoms with Gasteiger partial charge in [0.15, 0.2) is 0 Å². The second-order valence-corrected chi connectivity index (χ2v) is 10.7. The van der Waals surface area contributed by atoms with Crippen LogP contribution in [-0.4, -0.2) is 12.1 Å². The van der Waals surface area contributed by atoms with Crippen molar-refractivity contribution >= 4 is 17.1 Å². The van der Waals surface area contributed by atoms with Crippen LogP contribution in [0.1, 0.15) is 43.4 Å². The van der Waals surface area contributed by atoms with Crippen molar-refractivity contribution in [2.75, 3.05) is 9.80 Å². The quantitative estimate of drug-likeness (QED) is 0.343. The summed E-state index contributed by atoms with van der Waals surface area (Å²) in [6.45, 7) is 11.0. The molecule has 0 spiro atoms. The fourth-order valence-electron chi connectivity index (χ4n) is 5.71. The van der Waals surface area contributed by atoms with Crippen LogP contribution in [0.4, 0.5) is 17.1 Å². The minimum absolute atomic E-state index is 0.208. The van der Waals surface area contributed by atoms with Gasteiger partial charge in [0, 0.05) is 29.2 Å². The Balaban J connectivity index is 1.58. The van der Waals surface area contributed by atoms with E-state index in [-0.39, 0.29) is 6.04 Å². The lowest BCUT2D eigenvalue weighted by atomic mass is 9.93. The topological polar surface area (TPSA) is 6.48 Å². The molecule has 0 radical (unpaired) electrons.